The highest BCUT2D eigenvalue weighted by Gasteiger charge is 2.33. The fourth-order valence-electron chi connectivity index (χ4n) is 0.347. The molecule has 0 aromatic heterocycles. The Labute approximate surface area is 99.3 Å². The Morgan fingerprint density at radius 1 is 1.29 bits per heavy atom. The summed E-state index contributed by atoms with van der Waals surface area (Å²) in [6.07, 6.45) is 1.22. The average Bonchev–Trinajstić information content (AvgIpc) is 1.99. The number of rotatable bonds is 3. The summed E-state index contributed by atoms with van der Waals surface area (Å²) in [5, 5.41) is 8.15. The molecule has 1 N–H and O–H groups in total. The first kappa shape index (κ1) is 13.8. The number of esters is 1. The Kier molecular flexibility index (Phi) is 5.59. The summed E-state index contributed by atoms with van der Waals surface area (Å²) in [4.78, 5) is 20.8. The number of carboxylic acids is 1. The number of aliphatic carboxylic acids is 1. The number of ether oxygens (including phenoxy) is 1. The number of halogens is 4. The molecule has 0 saturated heterocycles. The largest absolute Gasteiger partial charge is 0.478 e. The Morgan fingerprint density at radius 2 is 1.79 bits per heavy atom. The van der Waals surface area contributed by atoms with Crippen molar-refractivity contribution in [3.63, 3.8) is 0 Å². The highest BCUT2D eigenvalue weighted by atomic mass is 35.6. The Morgan fingerprint density at radius 3 is 2.14 bits per heavy atom. The summed E-state index contributed by atoms with van der Waals surface area (Å²) in [5.74, 6) is -2.32. The normalized spacial score (nSPS) is 14.0. The van der Waals surface area contributed by atoms with Gasteiger partial charge in [-0.1, -0.05) is 46.4 Å². The van der Waals surface area contributed by atoms with Crippen molar-refractivity contribution in [1.29, 1.82) is 0 Å². The van der Waals surface area contributed by atoms with Crippen LogP contribution in [0.25, 0.3) is 0 Å². The molecule has 0 fully saturated rings. The summed E-state index contributed by atoms with van der Waals surface area (Å²) in [6, 6.07) is 0. The molecule has 4 nitrogen and oxygen atoms in total. The van der Waals surface area contributed by atoms with E-state index >= 15 is 0 Å². The van der Waals surface area contributed by atoms with Gasteiger partial charge in [0.1, 0.15) is 0 Å². The van der Waals surface area contributed by atoms with Crippen LogP contribution in [0.1, 0.15) is 0 Å². The summed E-state index contributed by atoms with van der Waals surface area (Å²) in [5.41, 5.74) is -1.49. The zero-order valence-corrected chi connectivity index (χ0v) is 9.44. The minimum atomic E-state index is -1.96. The molecule has 0 saturated carbocycles. The van der Waals surface area contributed by atoms with Crippen molar-refractivity contribution in [3.05, 3.63) is 12.2 Å². The van der Waals surface area contributed by atoms with E-state index in [1.165, 1.54) is 0 Å². The first-order valence-electron chi connectivity index (χ1n) is 3.06. The number of carbonyl (C=O) groups is 2. The third-order valence-corrected chi connectivity index (χ3v) is 2.19. The van der Waals surface area contributed by atoms with Crippen LogP contribution in [0.4, 0.5) is 0 Å². The minimum Gasteiger partial charge on any atom is -0.478 e. The standard InChI is InChI=1S/C6H4Cl4O4/c7-5(6(8,9)10)14-4(13)2-1-3(11)12/h1-2,5H,(H,11,12). The van der Waals surface area contributed by atoms with Crippen LogP contribution in [0.3, 0.4) is 0 Å². The fraction of sp³-hybridized carbons (Fsp3) is 0.333. The molecular weight excluding hydrogens is 278 g/mol. The zero-order valence-electron chi connectivity index (χ0n) is 6.42. The van der Waals surface area contributed by atoms with Crippen LogP contribution in [0.5, 0.6) is 0 Å². The minimum absolute atomic E-state index is 0.574. The molecule has 0 aliphatic rings. The van der Waals surface area contributed by atoms with Gasteiger partial charge < -0.3 is 9.84 Å². The topological polar surface area (TPSA) is 63.6 Å². The van der Waals surface area contributed by atoms with E-state index in [-0.39, 0.29) is 0 Å². The maximum absolute atomic E-state index is 10.8. The van der Waals surface area contributed by atoms with E-state index in [0.717, 1.165) is 0 Å². The van der Waals surface area contributed by atoms with Crippen LogP contribution < -0.4 is 0 Å². The molecule has 0 aromatic carbocycles. The second-order valence-corrected chi connectivity index (χ2v) is 4.73. The number of hydrogen-bond donors (Lipinski definition) is 1. The van der Waals surface area contributed by atoms with Gasteiger partial charge in [-0.25, -0.2) is 9.59 Å². The molecule has 0 aromatic rings. The monoisotopic (exact) mass is 280 g/mol. The second kappa shape index (κ2) is 5.66. The molecule has 0 aliphatic carbocycles. The van der Waals surface area contributed by atoms with Crippen molar-refractivity contribution < 1.29 is 19.4 Å². The quantitative estimate of drug-likeness (QED) is 0.489. The number of carbonyl (C=O) groups excluding carboxylic acids is 1. The lowest BCUT2D eigenvalue weighted by Gasteiger charge is -2.16. The molecule has 0 spiro atoms. The van der Waals surface area contributed by atoms with Gasteiger partial charge in [-0.15, -0.1) is 0 Å². The summed E-state index contributed by atoms with van der Waals surface area (Å²) in [7, 11) is 0. The van der Waals surface area contributed by atoms with Crippen LogP contribution in [0, 0.1) is 0 Å². The average molecular weight is 282 g/mol. The number of alkyl halides is 4. The van der Waals surface area contributed by atoms with E-state index in [1.807, 2.05) is 0 Å². The second-order valence-electron chi connectivity index (χ2n) is 1.97. The van der Waals surface area contributed by atoms with E-state index in [9.17, 15) is 9.59 Å². The molecule has 0 aliphatic heterocycles. The van der Waals surface area contributed by atoms with Crippen LogP contribution in [-0.2, 0) is 14.3 Å². The van der Waals surface area contributed by atoms with Crippen LogP contribution in [-0.4, -0.2) is 26.4 Å². The highest BCUT2D eigenvalue weighted by molar-refractivity contribution is 6.70. The Bertz CT molecular complexity index is 257. The molecule has 1 atom stereocenters. The third kappa shape index (κ3) is 6.32. The first-order chi connectivity index (χ1) is 6.23. The molecule has 8 heteroatoms. The molecule has 0 radical (unpaired) electrons. The van der Waals surface area contributed by atoms with Gasteiger partial charge in [0.15, 0.2) is 0 Å². The van der Waals surface area contributed by atoms with E-state index in [1.54, 1.807) is 0 Å². The van der Waals surface area contributed by atoms with Crippen molar-refractivity contribution in [2.75, 3.05) is 0 Å². The molecule has 1 unspecified atom stereocenters. The summed E-state index contributed by atoms with van der Waals surface area (Å²) in [6.45, 7) is 0. The first-order valence-corrected chi connectivity index (χ1v) is 4.63. The zero-order chi connectivity index (χ0) is 11.4. The Hall–Kier alpha value is -0.160. The summed E-state index contributed by atoms with van der Waals surface area (Å²) < 4.78 is 2.38. The van der Waals surface area contributed by atoms with Gasteiger partial charge in [0.25, 0.3) is 0 Å². The third-order valence-electron chi connectivity index (χ3n) is 0.839. The van der Waals surface area contributed by atoms with Crippen LogP contribution in [0.15, 0.2) is 12.2 Å². The molecule has 0 bridgehead atoms. The number of carboxylic acid groups (broad SMARTS) is 1. The Balaban J connectivity index is 4.14. The summed E-state index contributed by atoms with van der Waals surface area (Å²) >= 11 is 21.2. The fourth-order valence-corrected chi connectivity index (χ4v) is 0.569. The van der Waals surface area contributed by atoms with Crippen LogP contribution in [0.2, 0.25) is 0 Å². The molecule has 80 valence electrons. The molecule has 0 amide bonds. The maximum Gasteiger partial charge on any atom is 0.332 e. The van der Waals surface area contributed by atoms with Crippen molar-refractivity contribution in [2.45, 2.75) is 9.36 Å². The van der Waals surface area contributed by atoms with Gasteiger partial charge in [-0.05, 0) is 0 Å². The van der Waals surface area contributed by atoms with Gasteiger partial charge in [0.05, 0.1) is 0 Å². The predicted octanol–water partition coefficient (Wildman–Crippen LogP) is 2.11. The van der Waals surface area contributed by atoms with Crippen molar-refractivity contribution in [3.8, 4) is 0 Å². The van der Waals surface area contributed by atoms with Crippen molar-refractivity contribution in [1.82, 2.24) is 0 Å². The van der Waals surface area contributed by atoms with Crippen LogP contribution >= 0.6 is 46.4 Å². The van der Waals surface area contributed by atoms with E-state index in [4.69, 9.17) is 51.5 Å². The maximum atomic E-state index is 10.8. The van der Waals surface area contributed by atoms with E-state index in [2.05, 4.69) is 4.74 Å². The van der Waals surface area contributed by atoms with Gasteiger partial charge in [0.2, 0.25) is 9.36 Å². The van der Waals surface area contributed by atoms with Crippen molar-refractivity contribution in [2.24, 2.45) is 0 Å². The number of hydrogen-bond acceptors (Lipinski definition) is 3. The lowest BCUT2D eigenvalue weighted by Crippen LogP contribution is -2.25. The van der Waals surface area contributed by atoms with E-state index in [0.29, 0.717) is 12.2 Å². The lowest BCUT2D eigenvalue weighted by atomic mass is 10.5. The smallest absolute Gasteiger partial charge is 0.332 e. The lowest BCUT2D eigenvalue weighted by molar-refractivity contribution is -0.140. The predicted molar refractivity (Wildman–Crippen MR) is 52.8 cm³/mol. The van der Waals surface area contributed by atoms with Gasteiger partial charge in [-0.2, -0.15) is 0 Å². The molecule has 14 heavy (non-hydrogen) atoms. The van der Waals surface area contributed by atoms with Gasteiger partial charge in [0, 0.05) is 12.2 Å². The highest BCUT2D eigenvalue weighted by Crippen LogP contribution is 2.34. The van der Waals surface area contributed by atoms with E-state index < -0.39 is 21.3 Å². The molecule has 0 rings (SSSR count). The SMILES string of the molecule is O=C(O)C=CC(=O)OC(Cl)C(Cl)(Cl)Cl. The van der Waals surface area contributed by atoms with Crippen molar-refractivity contribution >= 4 is 58.3 Å². The van der Waals surface area contributed by atoms with Gasteiger partial charge >= 0.3 is 11.9 Å². The molecular formula is C6H4Cl4O4. The van der Waals surface area contributed by atoms with Gasteiger partial charge in [-0.3, -0.25) is 0 Å². The molecule has 0 heterocycles.